The first-order valence-corrected chi connectivity index (χ1v) is 5.97. The molecule has 1 aromatic rings. The van der Waals surface area contributed by atoms with Gasteiger partial charge in [0.15, 0.2) is 17.4 Å². The SMILES string of the molecule is C=C/C(F)=C(/Oc1cc(C)c(NN)cn1)C(=C)F.CC. The number of hydrazine groups is 1. The zero-order chi connectivity index (χ0) is 15.7. The number of hydrogen-bond acceptors (Lipinski definition) is 4. The van der Waals surface area contributed by atoms with Gasteiger partial charge in [-0.1, -0.05) is 27.0 Å². The number of aryl methyl sites for hydroxylation is 1. The van der Waals surface area contributed by atoms with Crippen LogP contribution in [0.1, 0.15) is 19.4 Å². The Balaban J connectivity index is 0.00000172. The van der Waals surface area contributed by atoms with E-state index in [1.54, 1.807) is 6.92 Å². The number of nitrogen functional groups attached to an aromatic ring is 1. The first kappa shape index (κ1) is 17.8. The topological polar surface area (TPSA) is 60.2 Å². The smallest absolute Gasteiger partial charge is 0.219 e. The molecule has 0 amide bonds. The number of halogens is 2. The van der Waals surface area contributed by atoms with Crippen molar-refractivity contribution >= 4 is 5.69 Å². The van der Waals surface area contributed by atoms with Crippen LogP contribution in [0.25, 0.3) is 0 Å². The number of nitrogens with two attached hydrogens (primary N) is 1. The van der Waals surface area contributed by atoms with E-state index >= 15 is 0 Å². The molecule has 0 spiro atoms. The molecule has 4 nitrogen and oxygen atoms in total. The number of allylic oxidation sites excluding steroid dienone is 3. The van der Waals surface area contributed by atoms with Gasteiger partial charge in [-0.25, -0.2) is 13.8 Å². The normalized spacial score (nSPS) is 10.7. The molecule has 110 valence electrons. The summed E-state index contributed by atoms with van der Waals surface area (Å²) in [7, 11) is 0. The number of ether oxygens (including phenoxy) is 1. The van der Waals surface area contributed by atoms with Gasteiger partial charge in [-0.3, -0.25) is 5.84 Å². The molecule has 0 aliphatic rings. The standard InChI is InChI=1S/C12H13F2N3O.C2H6/c1-4-9(14)12(8(3)13)18-11-5-7(2)10(17-15)6-16-11;1-2/h4-6,17H,1,3,15H2,2H3;1-2H3/b12-9-;. The Labute approximate surface area is 117 Å². The monoisotopic (exact) mass is 283 g/mol. The summed E-state index contributed by atoms with van der Waals surface area (Å²) in [6.45, 7) is 11.9. The second kappa shape index (κ2) is 8.82. The Morgan fingerprint density at radius 3 is 2.45 bits per heavy atom. The average molecular weight is 283 g/mol. The van der Waals surface area contributed by atoms with E-state index in [0.29, 0.717) is 11.3 Å². The van der Waals surface area contributed by atoms with Crippen LogP contribution < -0.4 is 16.0 Å². The van der Waals surface area contributed by atoms with Crippen molar-refractivity contribution < 1.29 is 13.5 Å². The third-order valence-corrected chi connectivity index (χ3v) is 2.09. The highest BCUT2D eigenvalue weighted by molar-refractivity contribution is 5.49. The van der Waals surface area contributed by atoms with Crippen LogP contribution in [-0.2, 0) is 0 Å². The molecule has 0 aliphatic heterocycles. The quantitative estimate of drug-likeness (QED) is 0.372. The summed E-state index contributed by atoms with van der Waals surface area (Å²) in [5.74, 6) is 2.61. The summed E-state index contributed by atoms with van der Waals surface area (Å²) in [6, 6.07) is 1.48. The van der Waals surface area contributed by atoms with E-state index in [1.165, 1.54) is 12.3 Å². The average Bonchev–Trinajstić information content (AvgIpc) is 2.46. The van der Waals surface area contributed by atoms with Crippen molar-refractivity contribution in [1.82, 2.24) is 4.98 Å². The van der Waals surface area contributed by atoms with E-state index in [2.05, 4.69) is 23.6 Å². The third kappa shape index (κ3) is 4.81. The molecule has 1 aromatic heterocycles. The molecular formula is C14H19F2N3O. The molecule has 1 rings (SSSR count). The number of rotatable bonds is 5. The minimum Gasteiger partial charge on any atom is -0.433 e. The van der Waals surface area contributed by atoms with Gasteiger partial charge in [-0.15, -0.1) is 0 Å². The Bertz CT molecular complexity index is 513. The highest BCUT2D eigenvalue weighted by atomic mass is 19.1. The van der Waals surface area contributed by atoms with Crippen molar-refractivity contribution in [3.63, 3.8) is 0 Å². The first-order valence-electron chi connectivity index (χ1n) is 5.97. The Kier molecular flexibility index (Phi) is 7.84. The maximum atomic E-state index is 13.3. The van der Waals surface area contributed by atoms with Crippen molar-refractivity contribution in [2.24, 2.45) is 5.84 Å². The van der Waals surface area contributed by atoms with Gasteiger partial charge in [0.2, 0.25) is 5.88 Å². The van der Waals surface area contributed by atoms with Crippen molar-refractivity contribution in [2.75, 3.05) is 5.43 Å². The number of hydrogen-bond donors (Lipinski definition) is 2. The molecule has 0 aliphatic carbocycles. The maximum Gasteiger partial charge on any atom is 0.219 e. The zero-order valence-electron chi connectivity index (χ0n) is 11.8. The summed E-state index contributed by atoms with van der Waals surface area (Å²) in [5, 5.41) is 0. The molecule has 0 saturated carbocycles. The number of nitrogens with zero attached hydrogens (tertiary/aromatic N) is 1. The van der Waals surface area contributed by atoms with Crippen LogP contribution in [0, 0.1) is 6.92 Å². The van der Waals surface area contributed by atoms with Gasteiger partial charge in [0.1, 0.15) is 0 Å². The molecule has 1 heterocycles. The lowest BCUT2D eigenvalue weighted by molar-refractivity contribution is 0.370. The number of pyridine rings is 1. The molecule has 3 N–H and O–H groups in total. The summed E-state index contributed by atoms with van der Waals surface area (Å²) >= 11 is 0. The lowest BCUT2D eigenvalue weighted by Gasteiger charge is -2.09. The molecule has 0 aromatic carbocycles. The molecule has 0 atom stereocenters. The number of anilines is 1. The fraction of sp³-hybridized carbons (Fsp3) is 0.214. The fourth-order valence-corrected chi connectivity index (χ4v) is 1.17. The van der Waals surface area contributed by atoms with Crippen LogP contribution >= 0.6 is 0 Å². The molecule has 0 fully saturated rings. The van der Waals surface area contributed by atoms with Crippen molar-refractivity contribution in [3.05, 3.63) is 54.5 Å². The summed E-state index contributed by atoms with van der Waals surface area (Å²) in [4.78, 5) is 3.84. The molecule has 6 heteroatoms. The maximum absolute atomic E-state index is 13.3. The summed E-state index contributed by atoms with van der Waals surface area (Å²) in [5.41, 5.74) is 3.71. The minimum atomic E-state index is -1.05. The highest BCUT2D eigenvalue weighted by Gasteiger charge is 2.12. The van der Waals surface area contributed by atoms with E-state index < -0.39 is 17.4 Å². The predicted molar refractivity (Wildman–Crippen MR) is 77.3 cm³/mol. The molecule has 0 unspecified atom stereocenters. The Morgan fingerprint density at radius 2 is 2.05 bits per heavy atom. The van der Waals surface area contributed by atoms with Crippen LogP contribution in [0.15, 0.2) is 48.9 Å². The van der Waals surface area contributed by atoms with Gasteiger partial charge in [-0.05, 0) is 18.6 Å². The van der Waals surface area contributed by atoms with E-state index in [0.717, 1.165) is 6.08 Å². The van der Waals surface area contributed by atoms with Crippen LogP contribution in [0.5, 0.6) is 5.88 Å². The van der Waals surface area contributed by atoms with Crippen molar-refractivity contribution in [3.8, 4) is 5.88 Å². The Hall–Kier alpha value is -2.21. The van der Waals surface area contributed by atoms with Gasteiger partial charge in [-0.2, -0.15) is 0 Å². The van der Waals surface area contributed by atoms with Crippen LogP contribution in [0.4, 0.5) is 14.5 Å². The van der Waals surface area contributed by atoms with E-state index in [4.69, 9.17) is 10.6 Å². The number of nitrogens with one attached hydrogen (secondary N) is 1. The van der Waals surface area contributed by atoms with E-state index in [9.17, 15) is 8.78 Å². The zero-order valence-corrected chi connectivity index (χ0v) is 11.8. The van der Waals surface area contributed by atoms with Crippen molar-refractivity contribution in [2.45, 2.75) is 20.8 Å². The summed E-state index contributed by atoms with van der Waals surface area (Å²) < 4.78 is 31.3. The van der Waals surface area contributed by atoms with Crippen LogP contribution in [-0.4, -0.2) is 4.98 Å². The Morgan fingerprint density at radius 1 is 1.45 bits per heavy atom. The first-order chi connectivity index (χ1) is 9.49. The largest absolute Gasteiger partial charge is 0.433 e. The van der Waals surface area contributed by atoms with E-state index in [-0.39, 0.29) is 5.88 Å². The lowest BCUT2D eigenvalue weighted by Crippen LogP contribution is -2.09. The lowest BCUT2D eigenvalue weighted by atomic mass is 10.2. The third-order valence-electron chi connectivity index (χ3n) is 2.09. The predicted octanol–water partition coefficient (Wildman–Crippen LogP) is 3.93. The molecule has 20 heavy (non-hydrogen) atoms. The van der Waals surface area contributed by atoms with E-state index in [1.807, 2.05) is 13.8 Å². The second-order valence-corrected chi connectivity index (χ2v) is 3.37. The minimum absolute atomic E-state index is 0.0253. The summed E-state index contributed by atoms with van der Waals surface area (Å²) in [6.07, 6.45) is 2.21. The molecule has 0 saturated heterocycles. The van der Waals surface area contributed by atoms with Crippen molar-refractivity contribution in [1.29, 1.82) is 0 Å². The molecule has 0 bridgehead atoms. The van der Waals surface area contributed by atoms with Crippen LogP contribution in [0.3, 0.4) is 0 Å². The highest BCUT2D eigenvalue weighted by Crippen LogP contribution is 2.23. The van der Waals surface area contributed by atoms with Gasteiger partial charge >= 0.3 is 0 Å². The van der Waals surface area contributed by atoms with Gasteiger partial charge in [0.05, 0.1) is 11.9 Å². The van der Waals surface area contributed by atoms with Gasteiger partial charge < -0.3 is 10.2 Å². The molecular weight excluding hydrogens is 264 g/mol. The van der Waals surface area contributed by atoms with Crippen LogP contribution in [0.2, 0.25) is 0 Å². The number of aromatic nitrogens is 1. The fourth-order valence-electron chi connectivity index (χ4n) is 1.17. The van der Waals surface area contributed by atoms with Gasteiger partial charge in [0.25, 0.3) is 0 Å². The second-order valence-electron chi connectivity index (χ2n) is 3.37. The van der Waals surface area contributed by atoms with Gasteiger partial charge in [0, 0.05) is 6.07 Å². The molecule has 0 radical (unpaired) electrons.